The van der Waals surface area contributed by atoms with Crippen LogP contribution in [0.1, 0.15) is 36.2 Å². The third-order valence-electron chi connectivity index (χ3n) is 4.99. The SMILES string of the molecule is Cc1ccc2c(nc(CO)n2CC(=O)C[C@H]2NCCC[C@@H]2O)c1C. The van der Waals surface area contributed by atoms with Crippen LogP contribution in [0, 0.1) is 13.8 Å². The van der Waals surface area contributed by atoms with Gasteiger partial charge in [-0.15, -0.1) is 0 Å². The number of carbonyl (C=O) groups is 1. The summed E-state index contributed by atoms with van der Waals surface area (Å²) >= 11 is 0. The summed E-state index contributed by atoms with van der Waals surface area (Å²) in [7, 11) is 0. The fourth-order valence-electron chi connectivity index (χ4n) is 3.40. The number of hydrogen-bond acceptors (Lipinski definition) is 5. The van der Waals surface area contributed by atoms with E-state index in [-0.39, 0.29) is 31.4 Å². The normalized spacial score (nSPS) is 21.3. The molecule has 24 heavy (non-hydrogen) atoms. The molecule has 2 atom stereocenters. The quantitative estimate of drug-likeness (QED) is 0.767. The summed E-state index contributed by atoms with van der Waals surface area (Å²) in [6, 6.07) is 3.78. The highest BCUT2D eigenvalue weighted by molar-refractivity contribution is 5.84. The number of imidazole rings is 1. The van der Waals surface area contributed by atoms with Gasteiger partial charge in [0.1, 0.15) is 12.4 Å². The van der Waals surface area contributed by atoms with Gasteiger partial charge in [0.25, 0.3) is 0 Å². The van der Waals surface area contributed by atoms with Crippen molar-refractivity contribution in [2.75, 3.05) is 6.54 Å². The minimum Gasteiger partial charge on any atom is -0.391 e. The van der Waals surface area contributed by atoms with Crippen molar-refractivity contribution in [3.8, 4) is 0 Å². The standard InChI is InChI=1S/C18H25N3O3/c1-11-5-6-15-18(12(11)2)20-17(10-22)21(15)9-13(23)8-14-16(24)4-3-7-19-14/h5-6,14,16,19,22,24H,3-4,7-10H2,1-2H3/t14-,16+/m1/s1. The van der Waals surface area contributed by atoms with Crippen LogP contribution >= 0.6 is 0 Å². The number of nitrogens with one attached hydrogen (secondary N) is 1. The van der Waals surface area contributed by atoms with Crippen molar-refractivity contribution in [2.45, 2.75) is 58.4 Å². The van der Waals surface area contributed by atoms with E-state index in [9.17, 15) is 15.0 Å². The van der Waals surface area contributed by atoms with Gasteiger partial charge in [0.15, 0.2) is 5.78 Å². The highest BCUT2D eigenvalue weighted by Gasteiger charge is 2.25. The number of rotatable bonds is 5. The number of Topliss-reactive ketones (excluding diaryl/α,β-unsaturated/α-hetero) is 1. The van der Waals surface area contributed by atoms with E-state index >= 15 is 0 Å². The Hall–Kier alpha value is -1.76. The molecule has 2 heterocycles. The molecule has 0 aliphatic carbocycles. The second-order valence-electron chi connectivity index (χ2n) is 6.66. The number of piperidine rings is 1. The zero-order valence-corrected chi connectivity index (χ0v) is 14.2. The Labute approximate surface area is 141 Å². The summed E-state index contributed by atoms with van der Waals surface area (Å²) in [4.78, 5) is 17.0. The lowest BCUT2D eigenvalue weighted by Gasteiger charge is -2.28. The topological polar surface area (TPSA) is 87.4 Å². The average Bonchev–Trinajstić information content (AvgIpc) is 2.91. The molecule has 0 amide bonds. The molecule has 2 aromatic rings. The van der Waals surface area contributed by atoms with Crippen molar-refractivity contribution in [2.24, 2.45) is 0 Å². The van der Waals surface area contributed by atoms with Gasteiger partial charge < -0.3 is 20.1 Å². The first-order chi connectivity index (χ1) is 11.5. The summed E-state index contributed by atoms with van der Waals surface area (Å²) in [6.45, 7) is 4.82. The van der Waals surface area contributed by atoms with Gasteiger partial charge in [-0.25, -0.2) is 4.98 Å². The van der Waals surface area contributed by atoms with Crippen LogP contribution in [-0.2, 0) is 17.9 Å². The molecule has 1 aliphatic rings. The van der Waals surface area contributed by atoms with Crippen molar-refractivity contribution in [3.05, 3.63) is 29.1 Å². The molecular weight excluding hydrogens is 306 g/mol. The number of aryl methyl sites for hydroxylation is 2. The smallest absolute Gasteiger partial charge is 0.154 e. The highest BCUT2D eigenvalue weighted by Crippen LogP contribution is 2.23. The summed E-state index contributed by atoms with van der Waals surface area (Å²) < 4.78 is 1.79. The molecule has 6 heteroatoms. The minimum absolute atomic E-state index is 0.0284. The Balaban J connectivity index is 1.83. The minimum atomic E-state index is -0.468. The number of hydrogen-bond donors (Lipinski definition) is 3. The fraction of sp³-hybridized carbons (Fsp3) is 0.556. The number of aliphatic hydroxyl groups is 2. The molecule has 0 unspecified atom stereocenters. The van der Waals surface area contributed by atoms with Gasteiger partial charge in [-0.3, -0.25) is 4.79 Å². The summed E-state index contributed by atoms with van der Waals surface area (Å²) in [5.74, 6) is 0.532. The third-order valence-corrected chi connectivity index (χ3v) is 4.99. The van der Waals surface area contributed by atoms with E-state index in [1.807, 2.05) is 26.0 Å². The van der Waals surface area contributed by atoms with E-state index in [4.69, 9.17) is 0 Å². The molecule has 3 N–H and O–H groups in total. The van der Waals surface area contributed by atoms with E-state index in [2.05, 4.69) is 10.3 Å². The molecule has 0 bridgehead atoms. The van der Waals surface area contributed by atoms with Crippen molar-refractivity contribution in [3.63, 3.8) is 0 Å². The zero-order valence-electron chi connectivity index (χ0n) is 14.2. The van der Waals surface area contributed by atoms with Gasteiger partial charge in [0, 0.05) is 12.5 Å². The molecular formula is C18H25N3O3. The maximum atomic E-state index is 12.5. The molecule has 6 nitrogen and oxygen atoms in total. The lowest BCUT2D eigenvalue weighted by Crippen LogP contribution is -2.46. The Kier molecular flexibility index (Phi) is 4.99. The number of nitrogens with zero attached hydrogens (tertiary/aromatic N) is 2. The first kappa shape index (κ1) is 17.1. The van der Waals surface area contributed by atoms with Crippen LogP contribution < -0.4 is 5.32 Å². The van der Waals surface area contributed by atoms with E-state index in [1.54, 1.807) is 4.57 Å². The van der Waals surface area contributed by atoms with E-state index in [1.165, 1.54) is 0 Å². The average molecular weight is 331 g/mol. The molecule has 0 saturated carbocycles. The number of aromatic nitrogens is 2. The second-order valence-corrected chi connectivity index (χ2v) is 6.66. The fourth-order valence-corrected chi connectivity index (χ4v) is 3.40. The van der Waals surface area contributed by atoms with Crippen LogP contribution in [0.5, 0.6) is 0 Å². The van der Waals surface area contributed by atoms with Gasteiger partial charge in [0.2, 0.25) is 0 Å². The molecule has 1 fully saturated rings. The molecule has 130 valence electrons. The van der Waals surface area contributed by atoms with E-state index in [0.29, 0.717) is 5.82 Å². The molecule has 1 aromatic heterocycles. The van der Waals surface area contributed by atoms with Crippen LogP contribution in [0.2, 0.25) is 0 Å². The number of fused-ring (bicyclic) bond motifs is 1. The van der Waals surface area contributed by atoms with E-state index < -0.39 is 6.10 Å². The van der Waals surface area contributed by atoms with Crippen LogP contribution in [-0.4, -0.2) is 44.2 Å². The number of benzene rings is 1. The maximum absolute atomic E-state index is 12.5. The number of aliphatic hydroxyl groups excluding tert-OH is 2. The van der Waals surface area contributed by atoms with Crippen molar-refractivity contribution in [1.29, 1.82) is 0 Å². The summed E-state index contributed by atoms with van der Waals surface area (Å²) in [6.07, 6.45) is 1.49. The maximum Gasteiger partial charge on any atom is 0.154 e. The van der Waals surface area contributed by atoms with Gasteiger partial charge in [0.05, 0.1) is 23.7 Å². The van der Waals surface area contributed by atoms with Crippen molar-refractivity contribution in [1.82, 2.24) is 14.9 Å². The molecule has 0 spiro atoms. The second kappa shape index (κ2) is 7.01. The Bertz CT molecular complexity index is 754. The predicted molar refractivity (Wildman–Crippen MR) is 91.8 cm³/mol. The first-order valence-corrected chi connectivity index (χ1v) is 8.50. The Morgan fingerprint density at radius 2 is 2.21 bits per heavy atom. The largest absolute Gasteiger partial charge is 0.391 e. The molecule has 1 saturated heterocycles. The van der Waals surface area contributed by atoms with Gasteiger partial charge in [-0.1, -0.05) is 6.07 Å². The lowest BCUT2D eigenvalue weighted by atomic mass is 9.97. The summed E-state index contributed by atoms with van der Waals surface area (Å²) in [5, 5.41) is 22.8. The van der Waals surface area contributed by atoms with Crippen LogP contribution in [0.3, 0.4) is 0 Å². The third kappa shape index (κ3) is 3.22. The van der Waals surface area contributed by atoms with Crippen molar-refractivity contribution >= 4 is 16.8 Å². The Morgan fingerprint density at radius 1 is 1.42 bits per heavy atom. The zero-order chi connectivity index (χ0) is 17.3. The molecule has 1 aliphatic heterocycles. The molecule has 3 rings (SSSR count). The Morgan fingerprint density at radius 3 is 2.92 bits per heavy atom. The first-order valence-electron chi connectivity index (χ1n) is 8.50. The van der Waals surface area contributed by atoms with Crippen LogP contribution in [0.15, 0.2) is 12.1 Å². The summed E-state index contributed by atoms with van der Waals surface area (Å²) in [5.41, 5.74) is 3.91. The van der Waals surface area contributed by atoms with Crippen LogP contribution in [0.25, 0.3) is 11.0 Å². The number of carbonyl (C=O) groups excluding carboxylic acids is 1. The lowest BCUT2D eigenvalue weighted by molar-refractivity contribution is -0.121. The van der Waals surface area contributed by atoms with Gasteiger partial charge >= 0.3 is 0 Å². The van der Waals surface area contributed by atoms with Crippen LogP contribution in [0.4, 0.5) is 0 Å². The van der Waals surface area contributed by atoms with E-state index in [0.717, 1.165) is 41.5 Å². The number of ketones is 1. The van der Waals surface area contributed by atoms with Crippen molar-refractivity contribution < 1.29 is 15.0 Å². The van der Waals surface area contributed by atoms with Gasteiger partial charge in [-0.2, -0.15) is 0 Å². The monoisotopic (exact) mass is 331 g/mol. The molecule has 1 aromatic carbocycles. The molecule has 0 radical (unpaired) electrons. The predicted octanol–water partition coefficient (Wildman–Crippen LogP) is 1.22. The van der Waals surface area contributed by atoms with Gasteiger partial charge in [-0.05, 0) is 50.4 Å². The highest BCUT2D eigenvalue weighted by atomic mass is 16.3.